The van der Waals surface area contributed by atoms with Crippen molar-refractivity contribution >= 4 is 11.9 Å². The number of carbonyl (C=O) groups is 2. The fourth-order valence-corrected chi connectivity index (χ4v) is 2.91. The lowest BCUT2D eigenvalue weighted by molar-refractivity contribution is -0.221. The molecule has 1 unspecified atom stereocenters. The van der Waals surface area contributed by atoms with E-state index in [1.165, 1.54) is 21.3 Å². The van der Waals surface area contributed by atoms with Gasteiger partial charge in [-0.2, -0.15) is 0 Å². The van der Waals surface area contributed by atoms with Crippen LogP contribution in [0.2, 0.25) is 0 Å². The van der Waals surface area contributed by atoms with Crippen molar-refractivity contribution in [3.63, 3.8) is 0 Å². The van der Waals surface area contributed by atoms with Crippen LogP contribution in [0.25, 0.3) is 0 Å². The second kappa shape index (κ2) is 6.46. The minimum atomic E-state index is -1.27. The van der Waals surface area contributed by atoms with Gasteiger partial charge in [-0.15, -0.1) is 0 Å². The number of benzene rings is 1. The minimum Gasteiger partial charge on any atom is -0.468 e. The predicted molar refractivity (Wildman–Crippen MR) is 76.7 cm³/mol. The van der Waals surface area contributed by atoms with Crippen molar-refractivity contribution in [2.24, 2.45) is 11.8 Å². The molecule has 22 heavy (non-hydrogen) atoms. The summed E-state index contributed by atoms with van der Waals surface area (Å²) in [5.41, 5.74) is 0.825. The Morgan fingerprint density at radius 3 is 2.36 bits per heavy atom. The zero-order valence-electron chi connectivity index (χ0n) is 13.1. The monoisotopic (exact) mass is 308 g/mol. The third-order valence-electron chi connectivity index (χ3n) is 4.09. The maximum absolute atomic E-state index is 12.2. The van der Waals surface area contributed by atoms with Crippen LogP contribution in [-0.4, -0.2) is 39.1 Å². The Labute approximate surface area is 129 Å². The van der Waals surface area contributed by atoms with Gasteiger partial charge in [0.05, 0.1) is 19.1 Å². The third kappa shape index (κ3) is 2.71. The largest absolute Gasteiger partial charge is 0.468 e. The maximum atomic E-state index is 12.2. The van der Waals surface area contributed by atoms with Crippen LogP contribution in [0.5, 0.6) is 0 Å². The summed E-state index contributed by atoms with van der Waals surface area (Å²) in [6, 6.07) is 9.31. The highest BCUT2D eigenvalue weighted by Gasteiger charge is 2.60. The number of methoxy groups -OCH3 is 3. The normalized spacial score (nSPS) is 29.0. The molecule has 1 aromatic carbocycles. The molecule has 6 nitrogen and oxygen atoms in total. The second-order valence-electron chi connectivity index (χ2n) is 5.23. The SMILES string of the molecule is COC(=O)[C@H]1C(=O)O[C@](C)(OC)[C@@H]1C(OC)c1ccccc1. The molecule has 1 aromatic rings. The van der Waals surface area contributed by atoms with Crippen molar-refractivity contribution < 1.29 is 28.5 Å². The molecule has 120 valence electrons. The Bertz CT molecular complexity index is 543. The summed E-state index contributed by atoms with van der Waals surface area (Å²) in [5, 5.41) is 0. The lowest BCUT2D eigenvalue weighted by Crippen LogP contribution is -2.42. The molecule has 1 heterocycles. The van der Waals surface area contributed by atoms with Gasteiger partial charge < -0.3 is 18.9 Å². The summed E-state index contributed by atoms with van der Waals surface area (Å²) < 4.78 is 21.0. The van der Waals surface area contributed by atoms with E-state index in [0.717, 1.165) is 5.56 Å². The first-order chi connectivity index (χ1) is 10.5. The van der Waals surface area contributed by atoms with Gasteiger partial charge in [0.1, 0.15) is 0 Å². The summed E-state index contributed by atoms with van der Waals surface area (Å²) in [5.74, 6) is -4.36. The van der Waals surface area contributed by atoms with E-state index in [2.05, 4.69) is 0 Å². The summed E-state index contributed by atoms with van der Waals surface area (Å²) in [4.78, 5) is 24.2. The van der Waals surface area contributed by atoms with Crippen LogP contribution in [0.3, 0.4) is 0 Å². The number of hydrogen-bond donors (Lipinski definition) is 0. The van der Waals surface area contributed by atoms with Gasteiger partial charge in [0, 0.05) is 21.1 Å². The van der Waals surface area contributed by atoms with E-state index in [0.29, 0.717) is 0 Å². The van der Waals surface area contributed by atoms with Gasteiger partial charge in [-0.3, -0.25) is 9.59 Å². The molecule has 0 N–H and O–H groups in total. The molecule has 1 aliphatic rings. The van der Waals surface area contributed by atoms with Crippen molar-refractivity contribution in [3.8, 4) is 0 Å². The second-order valence-corrected chi connectivity index (χ2v) is 5.23. The van der Waals surface area contributed by atoms with Gasteiger partial charge in [0.25, 0.3) is 0 Å². The van der Waals surface area contributed by atoms with Gasteiger partial charge in [-0.1, -0.05) is 30.3 Å². The number of hydrogen-bond acceptors (Lipinski definition) is 6. The molecule has 0 radical (unpaired) electrons. The summed E-state index contributed by atoms with van der Waals surface area (Å²) in [6.07, 6.45) is -0.554. The molecule has 0 saturated carbocycles. The van der Waals surface area contributed by atoms with Crippen LogP contribution in [0.15, 0.2) is 30.3 Å². The molecular weight excluding hydrogens is 288 g/mol. The van der Waals surface area contributed by atoms with E-state index in [9.17, 15) is 9.59 Å². The fourth-order valence-electron chi connectivity index (χ4n) is 2.91. The average Bonchev–Trinajstić information content (AvgIpc) is 2.80. The number of rotatable bonds is 5. The van der Waals surface area contributed by atoms with Gasteiger partial charge >= 0.3 is 11.9 Å². The van der Waals surface area contributed by atoms with Crippen molar-refractivity contribution in [3.05, 3.63) is 35.9 Å². The Kier molecular flexibility index (Phi) is 4.83. The molecular formula is C16H20O6. The Morgan fingerprint density at radius 1 is 1.23 bits per heavy atom. The zero-order chi connectivity index (χ0) is 16.3. The number of ether oxygens (including phenoxy) is 4. The molecule has 0 amide bonds. The van der Waals surface area contributed by atoms with Crippen molar-refractivity contribution in [2.45, 2.75) is 18.8 Å². The van der Waals surface area contributed by atoms with E-state index in [-0.39, 0.29) is 0 Å². The molecule has 0 aliphatic carbocycles. The highest BCUT2D eigenvalue weighted by molar-refractivity contribution is 5.97. The first kappa shape index (κ1) is 16.5. The van der Waals surface area contributed by atoms with Gasteiger partial charge in [0.15, 0.2) is 5.92 Å². The van der Waals surface area contributed by atoms with Crippen LogP contribution < -0.4 is 0 Å². The molecule has 2 rings (SSSR count). The lowest BCUT2D eigenvalue weighted by Gasteiger charge is -2.34. The number of cyclic esters (lactones) is 1. The fraction of sp³-hybridized carbons (Fsp3) is 0.500. The standard InChI is InChI=1S/C16H20O6/c1-16(21-4)12(11(14(17)20-3)15(18)22-16)13(19-2)10-8-6-5-7-9-10/h5-9,11-13H,1-4H3/t11-,12-,13?,16-/m0/s1. The van der Waals surface area contributed by atoms with Gasteiger partial charge in [-0.05, 0) is 5.56 Å². The van der Waals surface area contributed by atoms with Crippen molar-refractivity contribution in [1.82, 2.24) is 0 Å². The average molecular weight is 308 g/mol. The lowest BCUT2D eigenvalue weighted by atomic mass is 9.81. The van der Waals surface area contributed by atoms with Crippen molar-refractivity contribution in [1.29, 1.82) is 0 Å². The smallest absolute Gasteiger partial charge is 0.323 e. The van der Waals surface area contributed by atoms with Gasteiger partial charge in [-0.25, -0.2) is 0 Å². The molecule has 1 fully saturated rings. The van der Waals surface area contributed by atoms with E-state index in [1.54, 1.807) is 6.92 Å². The zero-order valence-corrected chi connectivity index (χ0v) is 13.1. The van der Waals surface area contributed by atoms with E-state index in [4.69, 9.17) is 18.9 Å². The molecule has 0 spiro atoms. The third-order valence-corrected chi connectivity index (χ3v) is 4.09. The molecule has 1 saturated heterocycles. The molecule has 1 aliphatic heterocycles. The molecule has 4 atom stereocenters. The minimum absolute atomic E-state index is 0.554. The first-order valence-corrected chi connectivity index (χ1v) is 6.92. The summed E-state index contributed by atoms with van der Waals surface area (Å²) in [7, 11) is 4.18. The van der Waals surface area contributed by atoms with E-state index in [1.807, 2.05) is 30.3 Å². The quantitative estimate of drug-likeness (QED) is 0.609. The van der Waals surface area contributed by atoms with Crippen LogP contribution in [-0.2, 0) is 28.5 Å². The van der Waals surface area contributed by atoms with Crippen LogP contribution in [0.4, 0.5) is 0 Å². The molecule has 0 aromatic heterocycles. The number of carbonyl (C=O) groups excluding carboxylic acids is 2. The predicted octanol–water partition coefficient (Wildman–Crippen LogP) is 1.70. The molecule has 0 bridgehead atoms. The maximum Gasteiger partial charge on any atom is 0.323 e. The first-order valence-electron chi connectivity index (χ1n) is 6.92. The Balaban J connectivity index is 2.48. The summed E-state index contributed by atoms with van der Waals surface area (Å²) in [6.45, 7) is 1.62. The van der Waals surface area contributed by atoms with Crippen molar-refractivity contribution in [2.75, 3.05) is 21.3 Å². The highest BCUT2D eigenvalue weighted by Crippen LogP contribution is 2.47. The van der Waals surface area contributed by atoms with Gasteiger partial charge in [0.2, 0.25) is 5.79 Å². The van der Waals surface area contributed by atoms with Crippen LogP contribution in [0.1, 0.15) is 18.6 Å². The highest BCUT2D eigenvalue weighted by atomic mass is 16.7. The van der Waals surface area contributed by atoms with E-state index < -0.39 is 35.7 Å². The Morgan fingerprint density at radius 2 is 1.86 bits per heavy atom. The van der Waals surface area contributed by atoms with Crippen LogP contribution >= 0.6 is 0 Å². The topological polar surface area (TPSA) is 71.1 Å². The molecule has 6 heteroatoms. The number of esters is 2. The Hall–Kier alpha value is -1.92. The van der Waals surface area contributed by atoms with E-state index >= 15 is 0 Å². The summed E-state index contributed by atoms with van der Waals surface area (Å²) >= 11 is 0. The van der Waals surface area contributed by atoms with Crippen LogP contribution in [0, 0.1) is 11.8 Å².